The highest BCUT2D eigenvalue weighted by Crippen LogP contribution is 2.07. The van der Waals surface area contributed by atoms with Gasteiger partial charge >= 0.3 is 0 Å². The van der Waals surface area contributed by atoms with Crippen LogP contribution in [-0.4, -0.2) is 19.0 Å². The molecule has 8 heavy (non-hydrogen) atoms. The van der Waals surface area contributed by atoms with Crippen LogP contribution in [0.1, 0.15) is 6.92 Å². The van der Waals surface area contributed by atoms with E-state index >= 15 is 0 Å². The average molecular weight is 226 g/mol. The van der Waals surface area contributed by atoms with E-state index in [1.165, 1.54) is 0 Å². The molecule has 0 heterocycles. The standard InChI is InChI=1S/C5H11IN2/c1-4(6)5(7)8(2)3/h7H2,1-3H3/b5-4-. The highest BCUT2D eigenvalue weighted by Gasteiger charge is 1.92. The number of allylic oxidation sites excluding steroid dienone is 1. The second kappa shape index (κ2) is 3.17. The van der Waals surface area contributed by atoms with Crippen molar-refractivity contribution < 1.29 is 0 Å². The molecule has 0 fully saturated rings. The van der Waals surface area contributed by atoms with Crippen LogP contribution in [-0.2, 0) is 0 Å². The minimum absolute atomic E-state index is 0.839. The molecule has 2 nitrogen and oxygen atoms in total. The molecule has 0 saturated carbocycles. The van der Waals surface area contributed by atoms with Gasteiger partial charge in [-0.25, -0.2) is 0 Å². The maximum absolute atomic E-state index is 5.56. The van der Waals surface area contributed by atoms with Gasteiger partial charge in [-0.15, -0.1) is 0 Å². The Morgan fingerprint density at radius 2 is 1.88 bits per heavy atom. The van der Waals surface area contributed by atoms with Crippen LogP contribution in [0.25, 0.3) is 0 Å². The second-order valence-electron chi connectivity index (χ2n) is 1.81. The summed E-state index contributed by atoms with van der Waals surface area (Å²) in [7, 11) is 3.86. The third kappa shape index (κ3) is 2.40. The minimum Gasteiger partial charge on any atom is -0.385 e. The van der Waals surface area contributed by atoms with E-state index in [0.29, 0.717) is 0 Å². The summed E-state index contributed by atoms with van der Waals surface area (Å²) >= 11 is 2.20. The normalized spacial score (nSPS) is 13.0. The maximum atomic E-state index is 5.56. The summed E-state index contributed by atoms with van der Waals surface area (Å²) in [6, 6.07) is 0. The molecule has 0 saturated heterocycles. The summed E-state index contributed by atoms with van der Waals surface area (Å²) in [5.41, 5.74) is 5.56. The van der Waals surface area contributed by atoms with E-state index in [9.17, 15) is 0 Å². The summed E-state index contributed by atoms with van der Waals surface area (Å²) in [6.07, 6.45) is 0. The van der Waals surface area contributed by atoms with Crippen molar-refractivity contribution in [2.45, 2.75) is 6.92 Å². The van der Waals surface area contributed by atoms with Gasteiger partial charge < -0.3 is 10.6 Å². The fraction of sp³-hybridized carbons (Fsp3) is 0.600. The van der Waals surface area contributed by atoms with E-state index in [2.05, 4.69) is 22.6 Å². The quantitative estimate of drug-likeness (QED) is 0.679. The molecule has 3 heteroatoms. The van der Waals surface area contributed by atoms with Crippen molar-refractivity contribution in [1.29, 1.82) is 0 Å². The number of hydrogen-bond donors (Lipinski definition) is 1. The van der Waals surface area contributed by atoms with Crippen LogP contribution in [0.3, 0.4) is 0 Å². The summed E-state index contributed by atoms with van der Waals surface area (Å²) in [5.74, 6) is 0.839. The molecule has 0 atom stereocenters. The lowest BCUT2D eigenvalue weighted by Crippen LogP contribution is -2.18. The van der Waals surface area contributed by atoms with Crippen molar-refractivity contribution in [3.8, 4) is 0 Å². The van der Waals surface area contributed by atoms with E-state index in [1.807, 2.05) is 25.9 Å². The smallest absolute Gasteiger partial charge is 0.107 e. The first-order valence-corrected chi connectivity index (χ1v) is 3.42. The molecule has 0 bridgehead atoms. The lowest BCUT2D eigenvalue weighted by molar-refractivity contribution is 0.504. The van der Waals surface area contributed by atoms with Gasteiger partial charge in [-0.2, -0.15) is 0 Å². The summed E-state index contributed by atoms with van der Waals surface area (Å²) in [4.78, 5) is 1.89. The molecular weight excluding hydrogens is 215 g/mol. The lowest BCUT2D eigenvalue weighted by Gasteiger charge is -2.12. The highest BCUT2D eigenvalue weighted by atomic mass is 127. The van der Waals surface area contributed by atoms with Crippen LogP contribution in [0.15, 0.2) is 9.40 Å². The molecule has 0 aromatic carbocycles. The fourth-order valence-corrected chi connectivity index (χ4v) is 0.791. The SMILES string of the molecule is C/C(I)=C(\N)N(C)C. The Morgan fingerprint density at radius 1 is 1.50 bits per heavy atom. The van der Waals surface area contributed by atoms with Gasteiger partial charge in [0.05, 0.1) is 0 Å². The molecule has 0 amide bonds. The van der Waals surface area contributed by atoms with Gasteiger partial charge in [0, 0.05) is 17.7 Å². The van der Waals surface area contributed by atoms with E-state index in [4.69, 9.17) is 5.73 Å². The summed E-state index contributed by atoms with van der Waals surface area (Å²) in [6.45, 7) is 1.98. The Morgan fingerprint density at radius 3 is 1.88 bits per heavy atom. The second-order valence-corrected chi connectivity index (χ2v) is 3.43. The molecule has 0 aliphatic heterocycles. The number of nitrogens with two attached hydrogens (primary N) is 1. The molecule has 2 N–H and O–H groups in total. The highest BCUT2D eigenvalue weighted by molar-refractivity contribution is 14.1. The summed E-state index contributed by atoms with van der Waals surface area (Å²) in [5, 5.41) is 0. The number of hydrogen-bond acceptors (Lipinski definition) is 2. The Balaban J connectivity index is 4.00. The van der Waals surface area contributed by atoms with Crippen LogP contribution < -0.4 is 5.73 Å². The van der Waals surface area contributed by atoms with Gasteiger partial charge in [-0.3, -0.25) is 0 Å². The molecule has 0 aromatic rings. The van der Waals surface area contributed by atoms with Crippen molar-refractivity contribution in [2.24, 2.45) is 5.73 Å². The lowest BCUT2D eigenvalue weighted by atomic mass is 10.6. The molecule has 0 unspecified atom stereocenters. The molecular formula is C5H11IN2. The van der Waals surface area contributed by atoms with Crippen LogP contribution >= 0.6 is 22.6 Å². The van der Waals surface area contributed by atoms with Gasteiger partial charge in [-0.05, 0) is 29.5 Å². The van der Waals surface area contributed by atoms with E-state index < -0.39 is 0 Å². The zero-order chi connectivity index (χ0) is 6.73. The maximum Gasteiger partial charge on any atom is 0.107 e. The van der Waals surface area contributed by atoms with Crippen molar-refractivity contribution in [2.75, 3.05) is 14.1 Å². The molecule has 0 radical (unpaired) electrons. The Bertz CT molecular complexity index is 103. The van der Waals surface area contributed by atoms with Gasteiger partial charge in [0.2, 0.25) is 0 Å². The Hall–Kier alpha value is 0.0700. The topological polar surface area (TPSA) is 29.3 Å². The van der Waals surface area contributed by atoms with Crippen molar-refractivity contribution in [3.63, 3.8) is 0 Å². The van der Waals surface area contributed by atoms with Gasteiger partial charge in [-0.1, -0.05) is 0 Å². The van der Waals surface area contributed by atoms with Crippen molar-refractivity contribution in [1.82, 2.24) is 4.90 Å². The first kappa shape index (κ1) is 8.07. The van der Waals surface area contributed by atoms with E-state index in [0.717, 1.165) is 9.40 Å². The molecule has 0 aliphatic carbocycles. The van der Waals surface area contributed by atoms with Crippen LogP contribution in [0.4, 0.5) is 0 Å². The third-order valence-corrected chi connectivity index (χ3v) is 1.39. The van der Waals surface area contributed by atoms with Crippen LogP contribution in [0.5, 0.6) is 0 Å². The zero-order valence-electron chi connectivity index (χ0n) is 5.40. The van der Waals surface area contributed by atoms with Crippen LogP contribution in [0.2, 0.25) is 0 Å². The largest absolute Gasteiger partial charge is 0.385 e. The Kier molecular flexibility index (Phi) is 3.19. The predicted molar refractivity (Wildman–Crippen MR) is 44.6 cm³/mol. The monoisotopic (exact) mass is 226 g/mol. The fourth-order valence-electron chi connectivity index (χ4n) is 0.308. The number of nitrogens with zero attached hydrogens (tertiary/aromatic N) is 1. The molecule has 48 valence electrons. The van der Waals surface area contributed by atoms with Gasteiger partial charge in [0.1, 0.15) is 5.82 Å². The van der Waals surface area contributed by atoms with Crippen molar-refractivity contribution in [3.05, 3.63) is 9.40 Å². The third-order valence-electron chi connectivity index (χ3n) is 0.835. The molecule has 0 aliphatic rings. The van der Waals surface area contributed by atoms with Crippen LogP contribution in [0, 0.1) is 0 Å². The zero-order valence-corrected chi connectivity index (χ0v) is 7.56. The van der Waals surface area contributed by atoms with E-state index in [1.54, 1.807) is 0 Å². The van der Waals surface area contributed by atoms with Gasteiger partial charge in [0.25, 0.3) is 0 Å². The Labute approximate surface area is 63.9 Å². The first-order chi connectivity index (χ1) is 3.55. The molecule has 0 aromatic heterocycles. The number of rotatable bonds is 1. The summed E-state index contributed by atoms with van der Waals surface area (Å²) < 4.78 is 1.13. The molecule has 0 rings (SSSR count). The minimum atomic E-state index is 0.839. The van der Waals surface area contributed by atoms with E-state index in [-0.39, 0.29) is 0 Å². The average Bonchev–Trinajstić information content (AvgIpc) is 1.64. The molecule has 0 spiro atoms. The van der Waals surface area contributed by atoms with Gasteiger partial charge in [0.15, 0.2) is 0 Å². The van der Waals surface area contributed by atoms with Crippen molar-refractivity contribution >= 4 is 22.6 Å². The first-order valence-electron chi connectivity index (χ1n) is 2.35. The predicted octanol–water partition coefficient (Wildman–Crippen LogP) is 1.13. The number of halogens is 1.